The number of nitrogens with zero attached hydrogens (tertiary/aromatic N) is 1. The first-order valence-corrected chi connectivity index (χ1v) is 9.05. The van der Waals surface area contributed by atoms with Crippen LogP contribution in [0.4, 0.5) is 0 Å². The van der Waals surface area contributed by atoms with E-state index in [1.54, 1.807) is 42.6 Å². The number of ether oxygens (including phenoxy) is 2. The summed E-state index contributed by atoms with van der Waals surface area (Å²) in [5.41, 5.74) is 1.31. The van der Waals surface area contributed by atoms with Gasteiger partial charge < -0.3 is 13.9 Å². The van der Waals surface area contributed by atoms with E-state index in [9.17, 15) is 13.8 Å². The first-order valence-electron chi connectivity index (χ1n) is 7.49. The zero-order chi connectivity index (χ0) is 17.7. The monoisotopic (exact) mass is 349 g/mol. The topological polar surface area (TPSA) is 74.1 Å². The van der Waals surface area contributed by atoms with Gasteiger partial charge in [0.2, 0.25) is 0 Å². The lowest BCUT2D eigenvalue weighted by Gasteiger charge is -2.03. The molecule has 128 valence electrons. The van der Waals surface area contributed by atoms with Crippen LogP contribution in [0.3, 0.4) is 0 Å². The number of rotatable bonds is 6. The molecule has 1 unspecified atom stereocenters. The van der Waals surface area contributed by atoms with Crippen LogP contribution >= 0.6 is 0 Å². The molecule has 0 fully saturated rings. The Bertz CT molecular complexity index is 822. The SMILES string of the molecule is CCOC(=O)/C=C/c1c(S(C)=O)c(C(=O)OCC)c2ccccn12. The van der Waals surface area contributed by atoms with Gasteiger partial charge in [-0.3, -0.25) is 4.21 Å². The molecule has 0 amide bonds. The van der Waals surface area contributed by atoms with Gasteiger partial charge in [0.1, 0.15) is 5.56 Å². The highest BCUT2D eigenvalue weighted by atomic mass is 32.2. The highest BCUT2D eigenvalue weighted by Gasteiger charge is 2.25. The van der Waals surface area contributed by atoms with Crippen LogP contribution in [0.5, 0.6) is 0 Å². The van der Waals surface area contributed by atoms with E-state index in [-0.39, 0.29) is 18.8 Å². The maximum atomic E-state index is 12.4. The van der Waals surface area contributed by atoms with E-state index in [0.29, 0.717) is 16.1 Å². The Morgan fingerprint density at radius 3 is 2.54 bits per heavy atom. The Labute approximate surface area is 142 Å². The Kier molecular flexibility index (Phi) is 5.92. The van der Waals surface area contributed by atoms with Crippen molar-refractivity contribution in [2.75, 3.05) is 19.5 Å². The molecule has 0 aromatic carbocycles. The van der Waals surface area contributed by atoms with Gasteiger partial charge in [0, 0.05) is 18.5 Å². The molecule has 7 heteroatoms. The third-order valence-corrected chi connectivity index (χ3v) is 4.25. The van der Waals surface area contributed by atoms with Crippen molar-refractivity contribution in [3.8, 4) is 0 Å². The van der Waals surface area contributed by atoms with Crippen LogP contribution < -0.4 is 0 Å². The van der Waals surface area contributed by atoms with Crippen LogP contribution in [0.25, 0.3) is 11.6 Å². The van der Waals surface area contributed by atoms with Gasteiger partial charge in [-0.15, -0.1) is 0 Å². The highest BCUT2D eigenvalue weighted by Crippen LogP contribution is 2.28. The summed E-state index contributed by atoms with van der Waals surface area (Å²) in [5.74, 6) is -1.05. The highest BCUT2D eigenvalue weighted by molar-refractivity contribution is 7.84. The van der Waals surface area contributed by atoms with E-state index in [4.69, 9.17) is 9.47 Å². The lowest BCUT2D eigenvalue weighted by molar-refractivity contribution is -0.137. The van der Waals surface area contributed by atoms with Crippen molar-refractivity contribution in [2.24, 2.45) is 0 Å². The minimum absolute atomic E-state index is 0.215. The molecule has 0 bridgehead atoms. The molecule has 0 spiro atoms. The predicted octanol–water partition coefficient (Wildman–Crippen LogP) is 2.43. The average Bonchev–Trinajstić information content (AvgIpc) is 2.88. The number of hydrogen-bond donors (Lipinski definition) is 0. The van der Waals surface area contributed by atoms with Crippen molar-refractivity contribution in [1.82, 2.24) is 4.40 Å². The van der Waals surface area contributed by atoms with Gasteiger partial charge in [0.25, 0.3) is 0 Å². The van der Waals surface area contributed by atoms with E-state index in [1.165, 1.54) is 18.4 Å². The third-order valence-electron chi connectivity index (χ3n) is 3.27. The number of pyridine rings is 1. The van der Waals surface area contributed by atoms with Gasteiger partial charge in [-0.1, -0.05) is 6.07 Å². The van der Waals surface area contributed by atoms with E-state index >= 15 is 0 Å². The summed E-state index contributed by atoms with van der Waals surface area (Å²) >= 11 is 0. The fourth-order valence-corrected chi connectivity index (χ4v) is 3.33. The van der Waals surface area contributed by atoms with Crippen molar-refractivity contribution in [2.45, 2.75) is 18.7 Å². The molecule has 1 atom stereocenters. The molecule has 0 saturated heterocycles. The van der Waals surface area contributed by atoms with Crippen molar-refractivity contribution in [3.05, 3.63) is 41.7 Å². The third kappa shape index (κ3) is 3.56. The molecule has 0 radical (unpaired) electrons. The minimum atomic E-state index is -1.45. The lowest BCUT2D eigenvalue weighted by Crippen LogP contribution is -2.07. The summed E-state index contributed by atoms with van der Waals surface area (Å²) in [6.45, 7) is 3.90. The zero-order valence-corrected chi connectivity index (χ0v) is 14.6. The smallest absolute Gasteiger partial charge is 0.341 e. The molecule has 2 aromatic rings. The second-order valence-electron chi connectivity index (χ2n) is 4.81. The quantitative estimate of drug-likeness (QED) is 0.591. The molecular weight excluding hydrogens is 330 g/mol. The normalized spacial score (nSPS) is 12.5. The van der Waals surface area contributed by atoms with Crippen LogP contribution in [0.1, 0.15) is 29.9 Å². The van der Waals surface area contributed by atoms with Crippen LogP contribution in [0.2, 0.25) is 0 Å². The fraction of sp³-hybridized carbons (Fsp3) is 0.294. The minimum Gasteiger partial charge on any atom is -0.463 e. The molecule has 0 N–H and O–H groups in total. The summed E-state index contributed by atoms with van der Waals surface area (Å²) in [7, 11) is -1.45. The summed E-state index contributed by atoms with van der Waals surface area (Å²) in [5, 5.41) is 0. The second-order valence-corrected chi connectivity index (χ2v) is 6.12. The number of carbonyl (C=O) groups is 2. The zero-order valence-electron chi connectivity index (χ0n) is 13.8. The molecule has 0 saturated carbocycles. The van der Waals surface area contributed by atoms with Crippen LogP contribution in [-0.2, 0) is 25.1 Å². The number of esters is 2. The maximum Gasteiger partial charge on any atom is 0.341 e. The molecule has 6 nitrogen and oxygen atoms in total. The Hall–Kier alpha value is -2.41. The standard InChI is InChI=1S/C17H19NO5S/c1-4-22-14(19)10-9-13-16(24(3)21)15(17(20)23-5-2)12-8-6-7-11-18(12)13/h6-11H,4-5H2,1-3H3/b10-9+. The lowest BCUT2D eigenvalue weighted by atomic mass is 10.2. The second kappa shape index (κ2) is 7.92. The first kappa shape index (κ1) is 17.9. The average molecular weight is 349 g/mol. The summed E-state index contributed by atoms with van der Waals surface area (Å²) in [4.78, 5) is 24.3. The molecule has 2 heterocycles. The predicted molar refractivity (Wildman–Crippen MR) is 91.4 cm³/mol. The molecule has 24 heavy (non-hydrogen) atoms. The molecule has 2 rings (SSSR count). The van der Waals surface area contributed by atoms with E-state index in [1.807, 2.05) is 0 Å². The molecular formula is C17H19NO5S. The Morgan fingerprint density at radius 2 is 1.92 bits per heavy atom. The Morgan fingerprint density at radius 1 is 1.21 bits per heavy atom. The fourth-order valence-electron chi connectivity index (χ4n) is 2.40. The van der Waals surface area contributed by atoms with Crippen molar-refractivity contribution in [1.29, 1.82) is 0 Å². The van der Waals surface area contributed by atoms with Gasteiger partial charge in [-0.25, -0.2) is 9.59 Å². The summed E-state index contributed by atoms with van der Waals surface area (Å²) < 4.78 is 24.0. The van der Waals surface area contributed by atoms with Gasteiger partial charge in [-0.2, -0.15) is 0 Å². The summed E-state index contributed by atoms with van der Waals surface area (Å²) in [6.07, 6.45) is 5.98. The molecule has 0 aliphatic rings. The van der Waals surface area contributed by atoms with Gasteiger partial charge in [0.15, 0.2) is 0 Å². The molecule has 2 aromatic heterocycles. The van der Waals surface area contributed by atoms with E-state index in [0.717, 1.165) is 0 Å². The largest absolute Gasteiger partial charge is 0.463 e. The van der Waals surface area contributed by atoms with Crippen LogP contribution in [0, 0.1) is 0 Å². The number of hydrogen-bond acceptors (Lipinski definition) is 5. The van der Waals surface area contributed by atoms with E-state index in [2.05, 4.69) is 0 Å². The van der Waals surface area contributed by atoms with Crippen LogP contribution in [0.15, 0.2) is 35.4 Å². The van der Waals surface area contributed by atoms with Gasteiger partial charge >= 0.3 is 11.9 Å². The van der Waals surface area contributed by atoms with Crippen molar-refractivity contribution < 1.29 is 23.3 Å². The number of aromatic nitrogens is 1. The first-order chi connectivity index (χ1) is 11.5. The summed E-state index contributed by atoms with van der Waals surface area (Å²) in [6, 6.07) is 5.30. The molecule has 0 aliphatic carbocycles. The van der Waals surface area contributed by atoms with Gasteiger partial charge in [-0.05, 0) is 32.1 Å². The van der Waals surface area contributed by atoms with Crippen molar-refractivity contribution in [3.63, 3.8) is 0 Å². The maximum absolute atomic E-state index is 12.4. The van der Waals surface area contributed by atoms with Gasteiger partial charge in [0.05, 0.1) is 40.1 Å². The van der Waals surface area contributed by atoms with Crippen molar-refractivity contribution >= 4 is 34.3 Å². The Balaban J connectivity index is 2.69. The number of fused-ring (bicyclic) bond motifs is 1. The van der Waals surface area contributed by atoms with E-state index < -0.39 is 22.7 Å². The molecule has 0 aliphatic heterocycles. The van der Waals surface area contributed by atoms with Crippen LogP contribution in [-0.4, -0.2) is 40.0 Å². The number of carbonyl (C=O) groups excluding carboxylic acids is 2.